The summed E-state index contributed by atoms with van der Waals surface area (Å²) < 4.78 is 0. The van der Waals surface area contributed by atoms with Crippen LogP contribution in [0.2, 0.25) is 0 Å². The zero-order valence-electron chi connectivity index (χ0n) is 7.76. The molecule has 4 fully saturated rings. The lowest BCUT2D eigenvalue weighted by Gasteiger charge is -2.54. The van der Waals surface area contributed by atoms with E-state index in [0.717, 1.165) is 0 Å². The molecule has 2 atom stereocenters. The second-order valence-electron chi connectivity index (χ2n) is 4.69. The van der Waals surface area contributed by atoms with Gasteiger partial charge < -0.3 is 4.90 Å². The van der Waals surface area contributed by atoms with Crippen LogP contribution in [0.15, 0.2) is 0 Å². The largest absolute Gasteiger partial charge is 0.300 e. The lowest BCUT2D eigenvalue weighted by Crippen LogP contribution is -2.63. The molecule has 0 aromatic heterocycles. The van der Waals surface area contributed by atoms with Crippen molar-refractivity contribution in [2.24, 2.45) is 0 Å². The Bertz CT molecular complexity index is 182. The molecule has 2 heteroatoms. The summed E-state index contributed by atoms with van der Waals surface area (Å²) in [6.07, 6.45) is 5.83. The van der Waals surface area contributed by atoms with Gasteiger partial charge in [0.15, 0.2) is 0 Å². The van der Waals surface area contributed by atoms with Crippen molar-refractivity contribution in [3.05, 3.63) is 0 Å². The van der Waals surface area contributed by atoms with Crippen molar-refractivity contribution < 1.29 is 0 Å². The van der Waals surface area contributed by atoms with E-state index >= 15 is 0 Å². The highest BCUT2D eigenvalue weighted by molar-refractivity contribution is 5.04. The molecule has 0 aromatic carbocycles. The van der Waals surface area contributed by atoms with E-state index in [2.05, 4.69) is 9.80 Å². The predicted octanol–water partition coefficient (Wildman–Crippen LogP) is 0.930. The van der Waals surface area contributed by atoms with E-state index in [-0.39, 0.29) is 0 Å². The number of piperazine rings is 1. The first kappa shape index (κ1) is 7.34. The Balaban J connectivity index is 1.86. The fourth-order valence-corrected chi connectivity index (χ4v) is 3.18. The van der Waals surface area contributed by atoms with Gasteiger partial charge in [0.2, 0.25) is 0 Å². The third kappa shape index (κ3) is 0.882. The molecule has 1 spiro atoms. The monoisotopic (exact) mass is 166 g/mol. The molecule has 2 nitrogen and oxygen atoms in total. The molecule has 3 aliphatic heterocycles. The molecule has 0 N–H and O–H groups in total. The van der Waals surface area contributed by atoms with E-state index in [0.29, 0.717) is 5.54 Å². The molecule has 0 aromatic rings. The Hall–Kier alpha value is -0.0800. The van der Waals surface area contributed by atoms with Crippen molar-refractivity contribution in [2.45, 2.75) is 31.2 Å². The molecule has 3 heterocycles. The zero-order valence-corrected chi connectivity index (χ0v) is 7.76. The Kier molecular flexibility index (Phi) is 1.50. The fraction of sp³-hybridized carbons (Fsp3) is 1.00. The highest BCUT2D eigenvalue weighted by atomic mass is 15.3. The Morgan fingerprint density at radius 1 is 0.833 bits per heavy atom. The molecule has 0 radical (unpaired) electrons. The summed E-state index contributed by atoms with van der Waals surface area (Å²) in [7, 11) is 0. The molecule has 4 aliphatic rings. The molecule has 2 bridgehead atoms. The quantitative estimate of drug-likeness (QED) is 0.528. The minimum absolute atomic E-state index is 0.661. The van der Waals surface area contributed by atoms with Gasteiger partial charge in [-0.05, 0) is 32.2 Å². The maximum atomic E-state index is 2.78. The summed E-state index contributed by atoms with van der Waals surface area (Å²) in [5.74, 6) is 0. The van der Waals surface area contributed by atoms with Crippen LogP contribution < -0.4 is 0 Å². The van der Waals surface area contributed by atoms with Gasteiger partial charge in [0.05, 0.1) is 0 Å². The fourth-order valence-electron chi connectivity index (χ4n) is 3.18. The topological polar surface area (TPSA) is 6.48 Å². The second kappa shape index (κ2) is 2.46. The number of rotatable bonds is 0. The second-order valence-corrected chi connectivity index (χ2v) is 4.69. The Labute approximate surface area is 74.5 Å². The van der Waals surface area contributed by atoms with E-state index < -0.39 is 0 Å². The lowest BCUT2D eigenvalue weighted by molar-refractivity contribution is -0.0299. The minimum atomic E-state index is 0.661. The van der Waals surface area contributed by atoms with Gasteiger partial charge in [0.25, 0.3) is 0 Å². The van der Waals surface area contributed by atoms with Crippen molar-refractivity contribution in [1.29, 1.82) is 0 Å². The van der Waals surface area contributed by atoms with E-state index in [1.54, 1.807) is 0 Å². The van der Waals surface area contributed by atoms with Crippen LogP contribution in [0.4, 0.5) is 0 Å². The van der Waals surface area contributed by atoms with Crippen LogP contribution in [-0.2, 0) is 0 Å². The van der Waals surface area contributed by atoms with E-state index in [1.165, 1.54) is 58.4 Å². The van der Waals surface area contributed by atoms with Gasteiger partial charge in [0, 0.05) is 31.7 Å². The van der Waals surface area contributed by atoms with Crippen LogP contribution >= 0.6 is 0 Å². The molecule has 4 rings (SSSR count). The van der Waals surface area contributed by atoms with E-state index in [4.69, 9.17) is 0 Å². The van der Waals surface area contributed by atoms with Crippen molar-refractivity contribution in [1.82, 2.24) is 9.80 Å². The number of hydrogen-bond acceptors (Lipinski definition) is 2. The molecular weight excluding hydrogens is 148 g/mol. The molecule has 68 valence electrons. The maximum Gasteiger partial charge on any atom is 0.0337 e. The molecule has 2 unspecified atom stereocenters. The first-order valence-corrected chi connectivity index (χ1v) is 5.37. The molecule has 3 saturated heterocycles. The highest BCUT2D eigenvalue weighted by Gasteiger charge is 2.46. The summed E-state index contributed by atoms with van der Waals surface area (Å²) in [6.45, 7) is 6.80. The van der Waals surface area contributed by atoms with Gasteiger partial charge in [-0.15, -0.1) is 0 Å². The van der Waals surface area contributed by atoms with Crippen LogP contribution in [0.5, 0.6) is 0 Å². The third-order valence-electron chi connectivity index (χ3n) is 4.06. The van der Waals surface area contributed by atoms with Crippen molar-refractivity contribution in [3.8, 4) is 0 Å². The number of hydrogen-bond donors (Lipinski definition) is 0. The molecule has 1 saturated carbocycles. The first-order valence-electron chi connectivity index (χ1n) is 5.37. The van der Waals surface area contributed by atoms with Gasteiger partial charge >= 0.3 is 0 Å². The van der Waals surface area contributed by atoms with Gasteiger partial charge in [-0.1, -0.05) is 0 Å². The normalized spacial score (nSPS) is 44.0. The summed E-state index contributed by atoms with van der Waals surface area (Å²) in [6, 6.07) is 0. The standard InChI is InChI=1S/C10H18N2/c1-3-10(4-1)9-11-5-2-6-12(10)8-7-11/h1-9H2. The summed E-state index contributed by atoms with van der Waals surface area (Å²) in [4.78, 5) is 5.46. The van der Waals surface area contributed by atoms with Gasteiger partial charge in [-0.25, -0.2) is 0 Å². The summed E-state index contributed by atoms with van der Waals surface area (Å²) >= 11 is 0. The van der Waals surface area contributed by atoms with Crippen LogP contribution in [0.1, 0.15) is 25.7 Å². The maximum absolute atomic E-state index is 2.78. The van der Waals surface area contributed by atoms with Crippen LogP contribution in [-0.4, -0.2) is 48.1 Å². The van der Waals surface area contributed by atoms with Gasteiger partial charge in [0.1, 0.15) is 0 Å². The van der Waals surface area contributed by atoms with Crippen LogP contribution in [0.25, 0.3) is 0 Å². The molecular formula is C10H18N2. The van der Waals surface area contributed by atoms with Crippen molar-refractivity contribution in [2.75, 3.05) is 32.7 Å². The van der Waals surface area contributed by atoms with Gasteiger partial charge in [-0.3, -0.25) is 4.90 Å². The Morgan fingerprint density at radius 3 is 2.50 bits per heavy atom. The smallest absolute Gasteiger partial charge is 0.0337 e. The summed E-state index contributed by atoms with van der Waals surface area (Å²) in [5.41, 5.74) is 0.661. The van der Waals surface area contributed by atoms with E-state index in [1.807, 2.05) is 0 Å². The SMILES string of the molecule is C1CN2CCN(C1)C1(CCC1)C2. The van der Waals surface area contributed by atoms with Gasteiger partial charge in [-0.2, -0.15) is 0 Å². The van der Waals surface area contributed by atoms with E-state index in [9.17, 15) is 0 Å². The average Bonchev–Trinajstić information content (AvgIpc) is 2.33. The number of fused-ring (bicyclic) bond motifs is 3. The molecule has 12 heavy (non-hydrogen) atoms. The third-order valence-corrected chi connectivity index (χ3v) is 4.06. The number of nitrogens with zero attached hydrogens (tertiary/aromatic N) is 2. The minimum Gasteiger partial charge on any atom is -0.300 e. The van der Waals surface area contributed by atoms with Crippen molar-refractivity contribution >= 4 is 0 Å². The first-order chi connectivity index (χ1) is 5.89. The van der Waals surface area contributed by atoms with Crippen LogP contribution in [0, 0.1) is 0 Å². The van der Waals surface area contributed by atoms with Crippen molar-refractivity contribution in [3.63, 3.8) is 0 Å². The van der Waals surface area contributed by atoms with Crippen LogP contribution in [0.3, 0.4) is 0 Å². The zero-order chi connectivity index (χ0) is 8.02. The lowest BCUT2D eigenvalue weighted by atomic mass is 9.74. The predicted molar refractivity (Wildman–Crippen MR) is 49.2 cm³/mol. The Morgan fingerprint density at radius 2 is 1.75 bits per heavy atom. The highest BCUT2D eigenvalue weighted by Crippen LogP contribution is 2.41. The molecule has 1 aliphatic carbocycles. The summed E-state index contributed by atoms with van der Waals surface area (Å²) in [5, 5.41) is 0. The molecule has 0 amide bonds. The average molecular weight is 166 g/mol.